The molecule has 32 heavy (non-hydrogen) atoms. The Hall–Kier alpha value is -2.81. The van der Waals surface area contributed by atoms with Crippen LogP contribution in [0.15, 0.2) is 66.0 Å². The van der Waals surface area contributed by atoms with E-state index < -0.39 is 10.0 Å². The van der Waals surface area contributed by atoms with Crippen LogP contribution in [0.2, 0.25) is 0 Å². The summed E-state index contributed by atoms with van der Waals surface area (Å²) in [5, 5.41) is 2.05. The number of fused-ring (bicyclic) bond motifs is 2. The number of nitrogens with zero attached hydrogens (tertiary/aromatic N) is 5. The molecule has 8 heteroatoms. The van der Waals surface area contributed by atoms with E-state index in [1.54, 1.807) is 22.6 Å². The van der Waals surface area contributed by atoms with Gasteiger partial charge in [0.15, 0.2) is 0 Å². The Morgan fingerprint density at radius 1 is 0.938 bits per heavy atom. The quantitative estimate of drug-likeness (QED) is 0.452. The summed E-state index contributed by atoms with van der Waals surface area (Å²) in [5.74, 6) is 0. The highest BCUT2D eigenvalue weighted by molar-refractivity contribution is 7.89. The lowest BCUT2D eigenvalue weighted by atomic mass is 10.1. The summed E-state index contributed by atoms with van der Waals surface area (Å²) in [5.41, 5.74) is 2.87. The topological polar surface area (TPSA) is 71.3 Å². The summed E-state index contributed by atoms with van der Waals surface area (Å²) in [6.45, 7) is 6.36. The molecular formula is C24H27N5O2S. The minimum Gasteiger partial charge on any atom is -0.333 e. The number of piperazine rings is 1. The maximum Gasteiger partial charge on any atom is 0.245 e. The first-order valence-corrected chi connectivity index (χ1v) is 12.5. The van der Waals surface area contributed by atoms with E-state index >= 15 is 0 Å². The van der Waals surface area contributed by atoms with Gasteiger partial charge in [-0.1, -0.05) is 18.2 Å². The number of hydrogen-bond donors (Lipinski definition) is 0. The van der Waals surface area contributed by atoms with Crippen LogP contribution in [0.25, 0.3) is 21.9 Å². The van der Waals surface area contributed by atoms with E-state index in [1.807, 2.05) is 30.5 Å². The molecule has 1 aliphatic heterocycles. The van der Waals surface area contributed by atoms with E-state index in [2.05, 4.69) is 38.6 Å². The van der Waals surface area contributed by atoms with Crippen molar-refractivity contribution in [3.05, 3.63) is 66.6 Å². The monoisotopic (exact) mass is 449 g/mol. The third-order valence-corrected chi connectivity index (χ3v) is 8.23. The van der Waals surface area contributed by atoms with Crippen LogP contribution in [-0.4, -0.2) is 64.9 Å². The van der Waals surface area contributed by atoms with Crippen LogP contribution in [0.3, 0.4) is 0 Å². The molecule has 4 heterocycles. The highest BCUT2D eigenvalue weighted by Gasteiger charge is 2.30. The van der Waals surface area contributed by atoms with Crippen molar-refractivity contribution in [3.8, 4) is 0 Å². The highest BCUT2D eigenvalue weighted by atomic mass is 32.2. The number of hydrogen-bond acceptors (Lipinski definition) is 5. The van der Waals surface area contributed by atoms with Gasteiger partial charge in [-0.2, -0.15) is 4.31 Å². The van der Waals surface area contributed by atoms with E-state index in [1.165, 1.54) is 10.9 Å². The van der Waals surface area contributed by atoms with Crippen molar-refractivity contribution in [2.24, 2.45) is 0 Å². The van der Waals surface area contributed by atoms with Gasteiger partial charge in [-0.3, -0.25) is 4.98 Å². The Morgan fingerprint density at radius 3 is 2.50 bits per heavy atom. The summed E-state index contributed by atoms with van der Waals surface area (Å²) in [6.07, 6.45) is 6.61. The molecule has 1 fully saturated rings. The second-order valence-electron chi connectivity index (χ2n) is 8.14. The number of benzene rings is 1. The summed E-state index contributed by atoms with van der Waals surface area (Å²) < 4.78 is 30.4. The van der Waals surface area contributed by atoms with Gasteiger partial charge in [0, 0.05) is 68.6 Å². The molecule has 0 N–H and O–H groups in total. The number of pyridine rings is 2. The summed E-state index contributed by atoms with van der Waals surface area (Å²) in [7, 11) is -3.58. The summed E-state index contributed by atoms with van der Waals surface area (Å²) in [6, 6.07) is 13.2. The summed E-state index contributed by atoms with van der Waals surface area (Å²) in [4.78, 5) is 11.5. The van der Waals surface area contributed by atoms with Crippen molar-refractivity contribution >= 4 is 32.0 Å². The zero-order valence-electron chi connectivity index (χ0n) is 18.2. The predicted molar refractivity (Wildman–Crippen MR) is 126 cm³/mol. The first-order valence-electron chi connectivity index (χ1n) is 11.1. The van der Waals surface area contributed by atoms with Crippen LogP contribution in [0, 0.1) is 0 Å². The maximum atomic E-state index is 13.3. The lowest BCUT2D eigenvalue weighted by Crippen LogP contribution is -2.49. The molecular weight excluding hydrogens is 422 g/mol. The number of aromatic nitrogens is 3. The summed E-state index contributed by atoms with van der Waals surface area (Å²) >= 11 is 0. The van der Waals surface area contributed by atoms with Gasteiger partial charge in [-0.05, 0) is 43.2 Å². The zero-order valence-corrected chi connectivity index (χ0v) is 19.0. The Morgan fingerprint density at radius 2 is 1.69 bits per heavy atom. The highest BCUT2D eigenvalue weighted by Crippen LogP contribution is 2.25. The molecule has 0 amide bonds. The number of para-hydroxylation sites is 1. The molecule has 0 spiro atoms. The molecule has 0 bridgehead atoms. The van der Waals surface area contributed by atoms with Crippen molar-refractivity contribution in [3.63, 3.8) is 0 Å². The van der Waals surface area contributed by atoms with Crippen molar-refractivity contribution < 1.29 is 8.42 Å². The largest absolute Gasteiger partial charge is 0.333 e. The van der Waals surface area contributed by atoms with Crippen LogP contribution in [0.5, 0.6) is 0 Å². The molecule has 3 aromatic heterocycles. The zero-order chi connectivity index (χ0) is 22.1. The fourth-order valence-electron chi connectivity index (χ4n) is 4.53. The molecule has 0 saturated carbocycles. The van der Waals surface area contributed by atoms with E-state index in [-0.39, 0.29) is 0 Å². The Bertz CT molecular complexity index is 1350. The molecule has 5 rings (SSSR count). The van der Waals surface area contributed by atoms with Gasteiger partial charge in [0.25, 0.3) is 0 Å². The molecule has 1 aliphatic rings. The molecule has 4 aromatic rings. The Labute approximate surface area is 188 Å². The minimum atomic E-state index is -3.58. The fraction of sp³-hybridized carbons (Fsp3) is 0.333. The van der Waals surface area contributed by atoms with Gasteiger partial charge in [0.1, 0.15) is 10.5 Å². The van der Waals surface area contributed by atoms with E-state index in [9.17, 15) is 8.42 Å². The first kappa shape index (κ1) is 21.1. The molecule has 0 atom stereocenters. The Kier molecular flexibility index (Phi) is 5.67. The van der Waals surface area contributed by atoms with Gasteiger partial charge in [0.2, 0.25) is 10.0 Å². The predicted octanol–water partition coefficient (Wildman–Crippen LogP) is 3.15. The average Bonchev–Trinajstić information content (AvgIpc) is 3.20. The maximum absolute atomic E-state index is 13.3. The van der Waals surface area contributed by atoms with Gasteiger partial charge in [-0.25, -0.2) is 13.4 Å². The second-order valence-corrected chi connectivity index (χ2v) is 10.0. The average molecular weight is 450 g/mol. The van der Waals surface area contributed by atoms with Crippen LogP contribution in [0.1, 0.15) is 12.5 Å². The minimum absolute atomic E-state index is 0.295. The van der Waals surface area contributed by atoms with E-state index in [0.717, 1.165) is 43.6 Å². The third kappa shape index (κ3) is 3.79. The van der Waals surface area contributed by atoms with Crippen molar-refractivity contribution in [1.29, 1.82) is 0 Å². The number of aryl methyl sites for hydroxylation is 1. The van der Waals surface area contributed by atoms with Crippen molar-refractivity contribution in [1.82, 2.24) is 23.7 Å². The van der Waals surface area contributed by atoms with E-state index in [4.69, 9.17) is 0 Å². The molecule has 0 unspecified atom stereocenters. The molecule has 0 aliphatic carbocycles. The first-order chi connectivity index (χ1) is 15.6. The normalized spacial score (nSPS) is 16.2. The van der Waals surface area contributed by atoms with E-state index in [0.29, 0.717) is 23.5 Å². The van der Waals surface area contributed by atoms with Gasteiger partial charge < -0.3 is 9.47 Å². The second kappa shape index (κ2) is 8.61. The van der Waals surface area contributed by atoms with Crippen LogP contribution in [0.4, 0.5) is 0 Å². The standard InChI is InChI=1S/C24H27N5O2S/c1-2-28-18-20(21-8-5-12-26-24(21)28)10-13-27-14-16-29(17-15-27)32(30,31)22-9-3-6-19-7-4-11-25-23(19)22/h3-9,11-12,18H,2,10,13-17H2,1H3. The molecule has 0 radical (unpaired) electrons. The van der Waals surface area contributed by atoms with Crippen LogP contribution >= 0.6 is 0 Å². The molecule has 7 nitrogen and oxygen atoms in total. The molecule has 166 valence electrons. The molecule has 1 saturated heterocycles. The third-order valence-electron chi connectivity index (χ3n) is 6.30. The number of rotatable bonds is 6. The number of sulfonamides is 1. The lowest BCUT2D eigenvalue weighted by Gasteiger charge is -2.34. The smallest absolute Gasteiger partial charge is 0.245 e. The lowest BCUT2D eigenvalue weighted by molar-refractivity contribution is 0.190. The van der Waals surface area contributed by atoms with Crippen LogP contribution < -0.4 is 0 Å². The van der Waals surface area contributed by atoms with Crippen molar-refractivity contribution in [2.75, 3.05) is 32.7 Å². The van der Waals surface area contributed by atoms with Crippen LogP contribution in [-0.2, 0) is 23.0 Å². The fourth-order valence-corrected chi connectivity index (χ4v) is 6.12. The van der Waals surface area contributed by atoms with Gasteiger partial charge >= 0.3 is 0 Å². The van der Waals surface area contributed by atoms with Gasteiger partial charge in [-0.15, -0.1) is 0 Å². The Balaban J connectivity index is 1.26. The molecule has 1 aromatic carbocycles. The SMILES string of the molecule is CCn1cc(CCN2CCN(S(=O)(=O)c3cccc4cccnc34)CC2)c2cccnc21. The van der Waals surface area contributed by atoms with Gasteiger partial charge in [0.05, 0.1) is 5.52 Å². The van der Waals surface area contributed by atoms with Crippen molar-refractivity contribution in [2.45, 2.75) is 24.8 Å².